The van der Waals surface area contributed by atoms with Crippen molar-refractivity contribution in [2.45, 2.75) is 24.7 Å². The fourth-order valence-corrected chi connectivity index (χ4v) is 3.06. The van der Waals surface area contributed by atoms with Crippen LogP contribution < -0.4 is 10.5 Å². The van der Waals surface area contributed by atoms with Gasteiger partial charge in [0.05, 0.1) is 18.7 Å². The number of nitrogens with zero attached hydrogens (tertiary/aromatic N) is 2. The number of methoxy groups -OCH3 is 1. The van der Waals surface area contributed by atoms with Gasteiger partial charge in [0.2, 0.25) is 0 Å². The van der Waals surface area contributed by atoms with Crippen LogP contribution in [0.1, 0.15) is 18.1 Å². The molecule has 1 aliphatic heterocycles. The predicted octanol–water partition coefficient (Wildman–Crippen LogP) is 1.65. The molecule has 0 spiro atoms. The van der Waals surface area contributed by atoms with Gasteiger partial charge in [0.25, 0.3) is 0 Å². The average molecular weight is 319 g/mol. The SMILES string of the molecule is COc1ccc2nccc(C(O)CN3CC[C@@H](N)[C@H](F)C3)c2c1. The number of aliphatic hydroxyl groups is 1. The van der Waals surface area contributed by atoms with Crippen molar-refractivity contribution < 1.29 is 14.2 Å². The fraction of sp³-hybridized carbons (Fsp3) is 0.471. The number of alkyl halides is 1. The van der Waals surface area contributed by atoms with Gasteiger partial charge in [-0.3, -0.25) is 9.88 Å². The number of hydrogen-bond acceptors (Lipinski definition) is 5. The second-order valence-electron chi connectivity index (χ2n) is 6.03. The maximum atomic E-state index is 13.8. The van der Waals surface area contributed by atoms with Gasteiger partial charge in [-0.05, 0) is 42.8 Å². The molecule has 0 aliphatic carbocycles. The smallest absolute Gasteiger partial charge is 0.128 e. The summed E-state index contributed by atoms with van der Waals surface area (Å²) in [5.74, 6) is 0.715. The number of rotatable bonds is 4. The largest absolute Gasteiger partial charge is 0.497 e. The minimum Gasteiger partial charge on any atom is -0.497 e. The molecule has 5 nitrogen and oxygen atoms in total. The maximum absolute atomic E-state index is 13.8. The van der Waals surface area contributed by atoms with E-state index < -0.39 is 18.3 Å². The third-order valence-electron chi connectivity index (χ3n) is 4.45. The normalized spacial score (nSPS) is 23.8. The number of pyridine rings is 1. The van der Waals surface area contributed by atoms with Gasteiger partial charge in [0.1, 0.15) is 11.9 Å². The molecule has 6 heteroatoms. The maximum Gasteiger partial charge on any atom is 0.128 e. The fourth-order valence-electron chi connectivity index (χ4n) is 3.06. The Balaban J connectivity index is 1.81. The quantitative estimate of drug-likeness (QED) is 0.896. The molecule has 23 heavy (non-hydrogen) atoms. The first kappa shape index (κ1) is 16.1. The number of ether oxygens (including phenoxy) is 1. The van der Waals surface area contributed by atoms with Crippen molar-refractivity contribution in [2.75, 3.05) is 26.7 Å². The van der Waals surface area contributed by atoms with Crippen molar-refractivity contribution >= 4 is 10.9 Å². The van der Waals surface area contributed by atoms with E-state index in [1.807, 2.05) is 23.1 Å². The first-order valence-electron chi connectivity index (χ1n) is 7.81. The Morgan fingerprint density at radius 3 is 3.04 bits per heavy atom. The van der Waals surface area contributed by atoms with Gasteiger partial charge in [-0.1, -0.05) is 0 Å². The highest BCUT2D eigenvalue weighted by molar-refractivity contribution is 5.83. The topological polar surface area (TPSA) is 71.6 Å². The number of fused-ring (bicyclic) bond motifs is 1. The van der Waals surface area contributed by atoms with Crippen LogP contribution in [-0.2, 0) is 0 Å². The molecule has 2 aromatic rings. The van der Waals surface area contributed by atoms with E-state index >= 15 is 0 Å². The Kier molecular flexibility index (Phi) is 4.75. The van der Waals surface area contributed by atoms with E-state index in [0.29, 0.717) is 25.3 Å². The Morgan fingerprint density at radius 2 is 2.30 bits per heavy atom. The summed E-state index contributed by atoms with van der Waals surface area (Å²) in [5.41, 5.74) is 7.28. The van der Waals surface area contributed by atoms with E-state index in [1.54, 1.807) is 19.4 Å². The number of likely N-dealkylation sites (tertiary alicyclic amines) is 1. The summed E-state index contributed by atoms with van der Waals surface area (Å²) >= 11 is 0. The van der Waals surface area contributed by atoms with Crippen LogP contribution in [0.4, 0.5) is 4.39 Å². The zero-order valence-corrected chi connectivity index (χ0v) is 13.2. The highest BCUT2D eigenvalue weighted by atomic mass is 19.1. The van der Waals surface area contributed by atoms with Gasteiger partial charge in [-0.25, -0.2) is 4.39 Å². The lowest BCUT2D eigenvalue weighted by atomic mass is 10.0. The zero-order chi connectivity index (χ0) is 16.4. The molecule has 1 unspecified atom stereocenters. The molecule has 1 aromatic carbocycles. The lowest BCUT2D eigenvalue weighted by molar-refractivity contribution is 0.0651. The summed E-state index contributed by atoms with van der Waals surface area (Å²) < 4.78 is 19.0. The molecule has 0 saturated carbocycles. The monoisotopic (exact) mass is 319 g/mol. The van der Waals surface area contributed by atoms with Crippen molar-refractivity contribution in [1.29, 1.82) is 0 Å². The van der Waals surface area contributed by atoms with Crippen molar-refractivity contribution in [2.24, 2.45) is 5.73 Å². The van der Waals surface area contributed by atoms with Crippen molar-refractivity contribution in [1.82, 2.24) is 9.88 Å². The molecular formula is C17H22FN3O2. The number of aliphatic hydroxyl groups excluding tert-OH is 1. The average Bonchev–Trinajstić information content (AvgIpc) is 2.57. The highest BCUT2D eigenvalue weighted by Gasteiger charge is 2.28. The molecule has 0 radical (unpaired) electrons. The summed E-state index contributed by atoms with van der Waals surface area (Å²) in [5, 5.41) is 11.5. The van der Waals surface area contributed by atoms with Crippen LogP contribution >= 0.6 is 0 Å². The second kappa shape index (κ2) is 6.78. The van der Waals surface area contributed by atoms with Gasteiger partial charge in [0, 0.05) is 30.7 Å². The van der Waals surface area contributed by atoms with E-state index in [2.05, 4.69) is 4.98 Å². The molecule has 0 amide bonds. The molecular weight excluding hydrogens is 297 g/mol. The number of piperidine rings is 1. The molecule has 1 aromatic heterocycles. The first-order chi connectivity index (χ1) is 11.1. The summed E-state index contributed by atoms with van der Waals surface area (Å²) in [6, 6.07) is 6.97. The van der Waals surface area contributed by atoms with E-state index in [9.17, 15) is 9.50 Å². The van der Waals surface area contributed by atoms with Gasteiger partial charge < -0.3 is 15.6 Å². The van der Waals surface area contributed by atoms with Gasteiger partial charge in [-0.15, -0.1) is 0 Å². The summed E-state index contributed by atoms with van der Waals surface area (Å²) in [7, 11) is 1.60. The first-order valence-corrected chi connectivity index (χ1v) is 7.81. The summed E-state index contributed by atoms with van der Waals surface area (Å²) in [6.45, 7) is 1.35. The molecule has 1 fully saturated rings. The molecule has 3 atom stereocenters. The van der Waals surface area contributed by atoms with Crippen LogP contribution in [0.5, 0.6) is 5.75 Å². The van der Waals surface area contributed by atoms with Gasteiger partial charge in [0.15, 0.2) is 0 Å². The van der Waals surface area contributed by atoms with Crippen molar-refractivity contribution in [3.05, 3.63) is 36.0 Å². The van der Waals surface area contributed by atoms with Crippen LogP contribution in [0.25, 0.3) is 10.9 Å². The van der Waals surface area contributed by atoms with Crippen LogP contribution in [0.15, 0.2) is 30.5 Å². The van der Waals surface area contributed by atoms with Crippen molar-refractivity contribution in [3.8, 4) is 5.75 Å². The molecule has 1 aliphatic rings. The lowest BCUT2D eigenvalue weighted by Gasteiger charge is -2.34. The zero-order valence-electron chi connectivity index (χ0n) is 13.2. The van der Waals surface area contributed by atoms with Crippen LogP contribution in [0.2, 0.25) is 0 Å². The molecule has 0 bridgehead atoms. The number of β-amino-alcohol motifs (C(OH)–C–C–N with tert-alkyl or cyclic N) is 1. The number of benzene rings is 1. The van der Waals surface area contributed by atoms with E-state index in [0.717, 1.165) is 16.5 Å². The van der Waals surface area contributed by atoms with E-state index in [-0.39, 0.29) is 6.54 Å². The molecule has 2 heterocycles. The van der Waals surface area contributed by atoms with Crippen LogP contribution in [0, 0.1) is 0 Å². The summed E-state index contributed by atoms with van der Waals surface area (Å²) in [4.78, 5) is 6.23. The number of nitrogens with two attached hydrogens (primary N) is 1. The third kappa shape index (κ3) is 3.44. The standard InChI is InChI=1S/C17H22FN3O2/c1-23-11-2-3-16-13(8-11)12(4-6-20-16)17(22)10-21-7-5-15(19)14(18)9-21/h2-4,6,8,14-15,17,22H,5,7,9-10,19H2,1H3/t14-,15-,17?/m1/s1. The van der Waals surface area contributed by atoms with E-state index in [4.69, 9.17) is 10.5 Å². The van der Waals surface area contributed by atoms with Gasteiger partial charge >= 0.3 is 0 Å². The lowest BCUT2D eigenvalue weighted by Crippen LogP contribution is -2.49. The van der Waals surface area contributed by atoms with Crippen LogP contribution in [0.3, 0.4) is 0 Å². The van der Waals surface area contributed by atoms with Gasteiger partial charge in [-0.2, -0.15) is 0 Å². The Hall–Kier alpha value is -1.76. The Bertz CT molecular complexity index is 682. The highest BCUT2D eigenvalue weighted by Crippen LogP contribution is 2.27. The molecule has 3 rings (SSSR count). The molecule has 124 valence electrons. The molecule has 1 saturated heterocycles. The van der Waals surface area contributed by atoms with Crippen LogP contribution in [-0.4, -0.2) is 53.9 Å². The minimum atomic E-state index is -1.04. The Morgan fingerprint density at radius 1 is 1.48 bits per heavy atom. The third-order valence-corrected chi connectivity index (χ3v) is 4.45. The predicted molar refractivity (Wildman–Crippen MR) is 87.2 cm³/mol. The van der Waals surface area contributed by atoms with E-state index in [1.165, 1.54) is 0 Å². The number of hydrogen-bond donors (Lipinski definition) is 2. The minimum absolute atomic E-state index is 0.268. The number of aromatic nitrogens is 1. The number of halogens is 1. The Labute approximate surface area is 134 Å². The summed E-state index contributed by atoms with van der Waals surface area (Å²) in [6.07, 6.45) is 0.537. The van der Waals surface area contributed by atoms with Crippen molar-refractivity contribution in [3.63, 3.8) is 0 Å². The second-order valence-corrected chi connectivity index (χ2v) is 6.03. The molecule has 3 N–H and O–H groups in total.